The van der Waals surface area contributed by atoms with Crippen LogP contribution < -0.4 is 5.73 Å². The first-order chi connectivity index (χ1) is 9.75. The van der Waals surface area contributed by atoms with Crippen LogP contribution in [0.5, 0.6) is 0 Å². The molecule has 2 aromatic heterocycles. The molecule has 0 radical (unpaired) electrons. The number of hydrogen-bond acceptors (Lipinski definition) is 3. The predicted molar refractivity (Wildman–Crippen MR) is 76.6 cm³/mol. The summed E-state index contributed by atoms with van der Waals surface area (Å²) >= 11 is 0. The first kappa shape index (κ1) is 13.5. The van der Waals surface area contributed by atoms with Crippen LogP contribution in [0.15, 0.2) is 61.1 Å². The highest BCUT2D eigenvalue weighted by Crippen LogP contribution is 1.95. The van der Waals surface area contributed by atoms with E-state index in [1.165, 1.54) is 4.68 Å². The van der Waals surface area contributed by atoms with Gasteiger partial charge < -0.3 is 5.73 Å². The molecule has 0 spiro atoms. The van der Waals surface area contributed by atoms with Gasteiger partial charge in [-0.2, -0.15) is 10.2 Å². The Morgan fingerprint density at radius 2 is 2.10 bits per heavy atom. The highest BCUT2D eigenvalue weighted by Gasteiger charge is 2.01. The van der Waals surface area contributed by atoms with Crippen molar-refractivity contribution >= 4 is 12.1 Å². The van der Waals surface area contributed by atoms with Gasteiger partial charge in [-0.25, -0.2) is 4.68 Å². The normalized spacial score (nSPS) is 12.0. The second kappa shape index (κ2) is 6.89. The van der Waals surface area contributed by atoms with Crippen molar-refractivity contribution in [2.75, 3.05) is 0 Å². The van der Waals surface area contributed by atoms with Gasteiger partial charge in [0.25, 0.3) is 5.91 Å². The quantitative estimate of drug-likeness (QED) is 0.806. The van der Waals surface area contributed by atoms with E-state index < -0.39 is 5.91 Å². The molecule has 0 aromatic carbocycles. The summed E-state index contributed by atoms with van der Waals surface area (Å²) in [4.78, 5) is 10.9. The second-order valence-electron chi connectivity index (χ2n) is 3.93. The van der Waals surface area contributed by atoms with Crippen LogP contribution in [0.1, 0.15) is 10.5 Å². The number of allylic oxidation sites excluding steroid dienone is 5. The van der Waals surface area contributed by atoms with E-state index >= 15 is 0 Å². The molecule has 2 N–H and O–H groups in total. The van der Waals surface area contributed by atoms with Crippen LogP contribution >= 0.6 is 0 Å². The molecule has 0 atom stereocenters. The molecule has 20 heavy (non-hydrogen) atoms. The largest absolute Gasteiger partial charge is 0.364 e. The zero-order valence-electron chi connectivity index (χ0n) is 10.8. The predicted octanol–water partition coefficient (Wildman–Crippen LogP) is 1.46. The molecule has 0 aliphatic heterocycles. The summed E-state index contributed by atoms with van der Waals surface area (Å²) in [6.07, 6.45) is 16.6. The number of hydrogen-bond donors (Lipinski definition) is 1. The summed E-state index contributed by atoms with van der Waals surface area (Å²) in [5, 5.41) is 8.05. The minimum atomic E-state index is -0.533. The monoisotopic (exact) mass is 269 g/mol. The molecule has 0 unspecified atom stereocenters. The fourth-order valence-corrected chi connectivity index (χ4v) is 1.47. The summed E-state index contributed by atoms with van der Waals surface area (Å²) in [5.74, 6) is -0.533. The summed E-state index contributed by atoms with van der Waals surface area (Å²) in [6, 6.07) is 3.46. The maximum atomic E-state index is 10.9. The molecule has 0 saturated heterocycles. The maximum absolute atomic E-state index is 10.9. The molecule has 2 heterocycles. The van der Waals surface area contributed by atoms with Crippen molar-refractivity contribution < 1.29 is 4.79 Å². The molecule has 6 nitrogen and oxygen atoms in total. The summed E-state index contributed by atoms with van der Waals surface area (Å²) in [6.45, 7) is 0.738. The Labute approximate surface area is 116 Å². The van der Waals surface area contributed by atoms with Crippen molar-refractivity contribution in [2.45, 2.75) is 6.54 Å². The van der Waals surface area contributed by atoms with Crippen LogP contribution in [0.2, 0.25) is 0 Å². The third kappa shape index (κ3) is 4.09. The van der Waals surface area contributed by atoms with Crippen LogP contribution in [-0.4, -0.2) is 25.5 Å². The third-order valence-electron chi connectivity index (χ3n) is 2.42. The second-order valence-corrected chi connectivity index (χ2v) is 3.93. The minimum Gasteiger partial charge on any atom is -0.364 e. The lowest BCUT2D eigenvalue weighted by Crippen LogP contribution is -2.11. The smallest absolute Gasteiger partial charge is 0.269 e. The van der Waals surface area contributed by atoms with E-state index in [1.54, 1.807) is 24.7 Å². The number of aromatic nitrogens is 4. The first-order valence-electron chi connectivity index (χ1n) is 6.08. The topological polar surface area (TPSA) is 78.7 Å². The standard InChI is InChI=1S/C14H15N5O/c15-14(20)13-7-12-19(17-13)10-5-3-1-2-4-9-18-11-6-8-16-18/h1-8,10-12H,9H2,(H2,15,20)/b3-1+,4-2+,10-5+. The molecule has 2 aromatic rings. The van der Waals surface area contributed by atoms with Crippen molar-refractivity contribution in [1.82, 2.24) is 19.6 Å². The molecule has 0 aliphatic rings. The van der Waals surface area contributed by atoms with Gasteiger partial charge in [-0.05, 0) is 18.2 Å². The van der Waals surface area contributed by atoms with Gasteiger partial charge in [0, 0.05) is 24.8 Å². The van der Waals surface area contributed by atoms with Crippen LogP contribution in [-0.2, 0) is 6.54 Å². The van der Waals surface area contributed by atoms with E-state index in [0.29, 0.717) is 0 Å². The summed E-state index contributed by atoms with van der Waals surface area (Å²) in [5.41, 5.74) is 5.36. The average Bonchev–Trinajstić information content (AvgIpc) is 3.08. The number of carbonyl (C=O) groups is 1. The van der Waals surface area contributed by atoms with Crippen molar-refractivity contribution in [2.24, 2.45) is 5.73 Å². The van der Waals surface area contributed by atoms with E-state index in [1.807, 2.05) is 47.3 Å². The van der Waals surface area contributed by atoms with Gasteiger partial charge >= 0.3 is 0 Å². The average molecular weight is 269 g/mol. The van der Waals surface area contributed by atoms with Crippen LogP contribution in [0.3, 0.4) is 0 Å². The van der Waals surface area contributed by atoms with E-state index in [2.05, 4.69) is 10.2 Å². The molecular weight excluding hydrogens is 254 g/mol. The minimum absolute atomic E-state index is 0.248. The van der Waals surface area contributed by atoms with Gasteiger partial charge in [0.2, 0.25) is 0 Å². The first-order valence-corrected chi connectivity index (χ1v) is 6.08. The number of amides is 1. The lowest BCUT2D eigenvalue weighted by atomic mass is 10.4. The van der Waals surface area contributed by atoms with Gasteiger partial charge in [0.05, 0.1) is 6.54 Å². The Hall–Kier alpha value is -2.89. The Balaban J connectivity index is 1.78. The lowest BCUT2D eigenvalue weighted by molar-refractivity contribution is 0.0995. The SMILES string of the molecule is NC(=O)c1ccn(/C=C/C=C/C=C/Cn2cccn2)n1. The molecule has 0 bridgehead atoms. The highest BCUT2D eigenvalue weighted by molar-refractivity contribution is 5.90. The third-order valence-corrected chi connectivity index (χ3v) is 2.42. The Morgan fingerprint density at radius 1 is 1.25 bits per heavy atom. The molecule has 0 saturated carbocycles. The number of rotatable bonds is 6. The van der Waals surface area contributed by atoms with Gasteiger partial charge in [0.1, 0.15) is 5.69 Å². The molecule has 0 fully saturated rings. The van der Waals surface area contributed by atoms with Crippen molar-refractivity contribution in [3.05, 3.63) is 66.8 Å². The fourth-order valence-electron chi connectivity index (χ4n) is 1.47. The maximum Gasteiger partial charge on any atom is 0.269 e. The van der Waals surface area contributed by atoms with Crippen molar-refractivity contribution in [3.8, 4) is 0 Å². The Kier molecular flexibility index (Phi) is 4.66. The van der Waals surface area contributed by atoms with Gasteiger partial charge in [-0.1, -0.05) is 24.3 Å². The van der Waals surface area contributed by atoms with E-state index in [0.717, 1.165) is 6.54 Å². The lowest BCUT2D eigenvalue weighted by Gasteiger charge is -1.91. The number of carbonyl (C=O) groups excluding carboxylic acids is 1. The molecule has 2 rings (SSSR count). The van der Waals surface area contributed by atoms with Crippen LogP contribution in [0.4, 0.5) is 0 Å². The Morgan fingerprint density at radius 3 is 2.80 bits per heavy atom. The van der Waals surface area contributed by atoms with E-state index in [4.69, 9.17) is 5.73 Å². The highest BCUT2D eigenvalue weighted by atomic mass is 16.1. The zero-order chi connectivity index (χ0) is 14.2. The van der Waals surface area contributed by atoms with Crippen LogP contribution in [0.25, 0.3) is 6.20 Å². The molecule has 102 valence electrons. The summed E-state index contributed by atoms with van der Waals surface area (Å²) in [7, 11) is 0. The van der Waals surface area contributed by atoms with Gasteiger partial charge in [0.15, 0.2) is 0 Å². The van der Waals surface area contributed by atoms with Crippen molar-refractivity contribution in [1.29, 1.82) is 0 Å². The zero-order valence-corrected chi connectivity index (χ0v) is 10.8. The van der Waals surface area contributed by atoms with Crippen LogP contribution in [0, 0.1) is 0 Å². The summed E-state index contributed by atoms with van der Waals surface area (Å²) < 4.78 is 3.35. The Bertz CT molecular complexity index is 634. The van der Waals surface area contributed by atoms with Crippen molar-refractivity contribution in [3.63, 3.8) is 0 Å². The van der Waals surface area contributed by atoms with E-state index in [-0.39, 0.29) is 5.69 Å². The number of nitrogens with zero attached hydrogens (tertiary/aromatic N) is 4. The molecular formula is C14H15N5O. The fraction of sp³-hybridized carbons (Fsp3) is 0.0714. The molecule has 6 heteroatoms. The number of primary amides is 1. The van der Waals surface area contributed by atoms with E-state index in [9.17, 15) is 4.79 Å². The van der Waals surface area contributed by atoms with Gasteiger partial charge in [-0.3, -0.25) is 9.48 Å². The number of nitrogens with two attached hydrogens (primary N) is 1. The van der Waals surface area contributed by atoms with Gasteiger partial charge in [-0.15, -0.1) is 0 Å². The molecule has 1 amide bonds. The molecule has 0 aliphatic carbocycles.